The number of carbonyl (C=O) groups excluding carboxylic acids is 2. The maximum Gasteiger partial charge on any atom is 0.341 e. The highest BCUT2D eigenvalue weighted by Gasteiger charge is 2.24. The molecule has 0 aliphatic heterocycles. The summed E-state index contributed by atoms with van der Waals surface area (Å²) in [6, 6.07) is 7.99. The number of amides is 1. The van der Waals surface area contributed by atoms with Crippen LogP contribution >= 0.6 is 11.3 Å². The fourth-order valence-corrected chi connectivity index (χ4v) is 3.60. The Bertz CT molecular complexity index is 732. The Balaban J connectivity index is 2.45. The van der Waals surface area contributed by atoms with Gasteiger partial charge in [0, 0.05) is 16.9 Å². The van der Waals surface area contributed by atoms with Crippen LogP contribution in [0.4, 0.5) is 5.00 Å². The molecule has 0 radical (unpaired) electrons. The van der Waals surface area contributed by atoms with Gasteiger partial charge in [0.1, 0.15) is 10.6 Å². The van der Waals surface area contributed by atoms with Crippen LogP contribution in [0, 0.1) is 13.8 Å². The van der Waals surface area contributed by atoms with Crippen LogP contribution in [0.2, 0.25) is 0 Å². The zero-order chi connectivity index (χ0) is 17.7. The number of hydrogen-bond donors (Lipinski definition) is 1. The SMILES string of the molecule is CCCCC(=O)Nc1sc(C)c(-c2ccc(C)cc2)c1C(=O)OC. The molecule has 2 aromatic rings. The van der Waals surface area contributed by atoms with Crippen molar-refractivity contribution in [3.63, 3.8) is 0 Å². The molecule has 5 heteroatoms. The van der Waals surface area contributed by atoms with Gasteiger partial charge < -0.3 is 10.1 Å². The van der Waals surface area contributed by atoms with Gasteiger partial charge in [0.05, 0.1) is 7.11 Å². The van der Waals surface area contributed by atoms with Crippen molar-refractivity contribution in [2.75, 3.05) is 12.4 Å². The lowest BCUT2D eigenvalue weighted by atomic mass is 10.0. The molecule has 1 N–H and O–H groups in total. The van der Waals surface area contributed by atoms with E-state index >= 15 is 0 Å². The molecule has 1 amide bonds. The van der Waals surface area contributed by atoms with Crippen molar-refractivity contribution in [1.29, 1.82) is 0 Å². The number of nitrogens with one attached hydrogen (secondary N) is 1. The van der Waals surface area contributed by atoms with E-state index in [1.165, 1.54) is 18.4 Å². The molecule has 0 bridgehead atoms. The van der Waals surface area contributed by atoms with Crippen LogP contribution in [0.15, 0.2) is 24.3 Å². The number of aryl methyl sites for hydroxylation is 2. The summed E-state index contributed by atoms with van der Waals surface area (Å²) in [5.74, 6) is -0.501. The van der Waals surface area contributed by atoms with E-state index in [0.29, 0.717) is 17.0 Å². The molecule has 24 heavy (non-hydrogen) atoms. The van der Waals surface area contributed by atoms with Crippen LogP contribution in [0.5, 0.6) is 0 Å². The molecule has 0 fully saturated rings. The van der Waals surface area contributed by atoms with E-state index < -0.39 is 5.97 Å². The van der Waals surface area contributed by atoms with Gasteiger partial charge in [-0.15, -0.1) is 11.3 Å². The summed E-state index contributed by atoms with van der Waals surface area (Å²) in [5.41, 5.74) is 3.37. The lowest BCUT2D eigenvalue weighted by Crippen LogP contribution is -2.13. The van der Waals surface area contributed by atoms with Crippen molar-refractivity contribution >= 4 is 28.2 Å². The first-order chi connectivity index (χ1) is 11.5. The number of methoxy groups -OCH3 is 1. The van der Waals surface area contributed by atoms with Gasteiger partial charge in [-0.3, -0.25) is 4.79 Å². The van der Waals surface area contributed by atoms with Crippen molar-refractivity contribution in [2.24, 2.45) is 0 Å². The summed E-state index contributed by atoms with van der Waals surface area (Å²) in [5, 5.41) is 3.45. The minimum atomic E-state index is -0.430. The van der Waals surface area contributed by atoms with E-state index in [1.807, 2.05) is 45.0 Å². The standard InChI is InChI=1S/C19H23NO3S/c1-5-6-7-15(21)20-18-17(19(22)23-4)16(13(3)24-18)14-10-8-12(2)9-11-14/h8-11H,5-7H2,1-4H3,(H,20,21). The summed E-state index contributed by atoms with van der Waals surface area (Å²) in [7, 11) is 1.36. The van der Waals surface area contributed by atoms with E-state index in [9.17, 15) is 9.59 Å². The molecule has 1 aromatic heterocycles. The number of unbranched alkanes of at least 4 members (excludes halogenated alkanes) is 1. The van der Waals surface area contributed by atoms with Gasteiger partial charge in [-0.05, 0) is 25.8 Å². The Morgan fingerprint density at radius 3 is 2.42 bits per heavy atom. The van der Waals surface area contributed by atoms with Gasteiger partial charge in [-0.25, -0.2) is 4.79 Å². The highest BCUT2D eigenvalue weighted by atomic mass is 32.1. The second-order valence-electron chi connectivity index (χ2n) is 5.75. The van der Waals surface area contributed by atoms with Crippen LogP contribution in [-0.4, -0.2) is 19.0 Å². The molecule has 1 heterocycles. The topological polar surface area (TPSA) is 55.4 Å². The lowest BCUT2D eigenvalue weighted by Gasteiger charge is -2.08. The van der Waals surface area contributed by atoms with Crippen molar-refractivity contribution in [2.45, 2.75) is 40.0 Å². The Labute approximate surface area is 146 Å². The van der Waals surface area contributed by atoms with E-state index in [-0.39, 0.29) is 5.91 Å². The minimum Gasteiger partial charge on any atom is -0.465 e. The van der Waals surface area contributed by atoms with Crippen LogP contribution < -0.4 is 5.32 Å². The maximum atomic E-state index is 12.3. The number of hydrogen-bond acceptors (Lipinski definition) is 4. The van der Waals surface area contributed by atoms with Gasteiger partial charge in [0.15, 0.2) is 0 Å². The van der Waals surface area contributed by atoms with Crippen LogP contribution in [0.3, 0.4) is 0 Å². The normalized spacial score (nSPS) is 10.5. The first-order valence-corrected chi connectivity index (χ1v) is 8.88. The molecule has 0 saturated heterocycles. The van der Waals surface area contributed by atoms with Gasteiger partial charge in [-0.1, -0.05) is 43.2 Å². The molecule has 1 aromatic carbocycles. The molecule has 0 saturated carbocycles. The van der Waals surface area contributed by atoms with Crippen LogP contribution in [0.25, 0.3) is 11.1 Å². The summed E-state index contributed by atoms with van der Waals surface area (Å²) in [6.45, 7) is 6.01. The third-order valence-corrected chi connectivity index (χ3v) is 4.85. The van der Waals surface area contributed by atoms with Crippen LogP contribution in [-0.2, 0) is 9.53 Å². The molecule has 4 nitrogen and oxygen atoms in total. The fraction of sp³-hybridized carbons (Fsp3) is 0.368. The first kappa shape index (κ1) is 18.2. The Hall–Kier alpha value is -2.14. The molecule has 2 rings (SSSR count). The molecular formula is C19H23NO3S. The molecule has 0 atom stereocenters. The highest BCUT2D eigenvalue weighted by molar-refractivity contribution is 7.17. The van der Waals surface area contributed by atoms with E-state index in [0.717, 1.165) is 34.4 Å². The Kier molecular flexibility index (Phi) is 6.15. The largest absolute Gasteiger partial charge is 0.465 e. The summed E-state index contributed by atoms with van der Waals surface area (Å²) in [6.07, 6.45) is 2.23. The number of anilines is 1. The van der Waals surface area contributed by atoms with Gasteiger partial charge in [0.25, 0.3) is 0 Å². The Morgan fingerprint density at radius 1 is 1.17 bits per heavy atom. The quantitative estimate of drug-likeness (QED) is 0.754. The Morgan fingerprint density at radius 2 is 1.83 bits per heavy atom. The van der Waals surface area contributed by atoms with E-state index in [4.69, 9.17) is 4.74 Å². The number of esters is 1. The summed E-state index contributed by atoms with van der Waals surface area (Å²) in [4.78, 5) is 25.4. The number of benzene rings is 1. The van der Waals surface area contributed by atoms with Crippen molar-refractivity contribution < 1.29 is 14.3 Å². The average molecular weight is 345 g/mol. The third kappa shape index (κ3) is 4.03. The summed E-state index contributed by atoms with van der Waals surface area (Å²) < 4.78 is 4.96. The third-order valence-electron chi connectivity index (χ3n) is 3.82. The van der Waals surface area contributed by atoms with Crippen molar-refractivity contribution in [3.8, 4) is 11.1 Å². The smallest absolute Gasteiger partial charge is 0.341 e. The number of ether oxygens (including phenoxy) is 1. The molecule has 0 spiro atoms. The zero-order valence-corrected chi connectivity index (χ0v) is 15.4. The van der Waals surface area contributed by atoms with Crippen molar-refractivity contribution in [1.82, 2.24) is 0 Å². The van der Waals surface area contributed by atoms with Gasteiger partial charge >= 0.3 is 5.97 Å². The molecule has 128 valence electrons. The fourth-order valence-electron chi connectivity index (χ4n) is 2.52. The second-order valence-corrected chi connectivity index (χ2v) is 6.97. The first-order valence-electron chi connectivity index (χ1n) is 8.06. The average Bonchev–Trinajstić information content (AvgIpc) is 2.89. The van der Waals surface area contributed by atoms with E-state index in [2.05, 4.69) is 5.32 Å². The number of carbonyl (C=O) groups is 2. The maximum absolute atomic E-state index is 12.3. The number of rotatable bonds is 6. The predicted octanol–water partition coefficient (Wildman–Crippen LogP) is 4.95. The lowest BCUT2D eigenvalue weighted by molar-refractivity contribution is -0.116. The van der Waals surface area contributed by atoms with Gasteiger partial charge in [0.2, 0.25) is 5.91 Å². The highest BCUT2D eigenvalue weighted by Crippen LogP contribution is 2.40. The minimum absolute atomic E-state index is 0.0706. The summed E-state index contributed by atoms with van der Waals surface area (Å²) >= 11 is 1.41. The molecular weight excluding hydrogens is 322 g/mol. The second kappa shape index (κ2) is 8.11. The monoisotopic (exact) mass is 345 g/mol. The zero-order valence-electron chi connectivity index (χ0n) is 14.6. The van der Waals surface area contributed by atoms with E-state index in [1.54, 1.807) is 0 Å². The van der Waals surface area contributed by atoms with Crippen molar-refractivity contribution in [3.05, 3.63) is 40.3 Å². The van der Waals surface area contributed by atoms with Gasteiger partial charge in [-0.2, -0.15) is 0 Å². The molecule has 0 unspecified atom stereocenters. The molecule has 0 aliphatic rings. The predicted molar refractivity (Wildman–Crippen MR) is 98.7 cm³/mol. The van der Waals surface area contributed by atoms with Crippen LogP contribution in [0.1, 0.15) is 47.0 Å². The molecule has 0 aliphatic carbocycles. The number of thiophene rings is 1.